The van der Waals surface area contributed by atoms with Gasteiger partial charge in [0.1, 0.15) is 11.4 Å². The zero-order valence-corrected chi connectivity index (χ0v) is 14.2. The highest BCUT2D eigenvalue weighted by molar-refractivity contribution is 6.30. The molecule has 3 fully saturated rings. The van der Waals surface area contributed by atoms with Gasteiger partial charge in [-0.3, -0.25) is 9.59 Å². The summed E-state index contributed by atoms with van der Waals surface area (Å²) < 4.78 is 0. The molecule has 0 radical (unpaired) electrons. The van der Waals surface area contributed by atoms with E-state index in [4.69, 9.17) is 11.6 Å². The first kappa shape index (κ1) is 16.1. The maximum atomic E-state index is 13.0. The molecule has 2 unspecified atom stereocenters. The lowest BCUT2D eigenvalue weighted by molar-refractivity contribution is -0.144. The van der Waals surface area contributed by atoms with Gasteiger partial charge >= 0.3 is 0 Å². The molecule has 4 nitrogen and oxygen atoms in total. The third-order valence-corrected chi connectivity index (χ3v) is 5.87. The van der Waals surface area contributed by atoms with E-state index in [0.29, 0.717) is 18.5 Å². The van der Waals surface area contributed by atoms with Gasteiger partial charge in [-0.15, -0.1) is 11.6 Å². The Labute approximate surface area is 138 Å². The number of alkyl halides is 1. The Kier molecular flexibility index (Phi) is 4.96. The van der Waals surface area contributed by atoms with E-state index in [0.717, 1.165) is 32.2 Å². The molecule has 5 heteroatoms. The molecule has 3 rings (SSSR count). The summed E-state index contributed by atoms with van der Waals surface area (Å²) in [4.78, 5) is 29.1. The van der Waals surface area contributed by atoms with E-state index >= 15 is 0 Å². The van der Waals surface area contributed by atoms with Crippen LogP contribution in [0.2, 0.25) is 0 Å². The van der Waals surface area contributed by atoms with Gasteiger partial charge in [-0.1, -0.05) is 12.8 Å². The molecular weight excluding hydrogens is 300 g/mol. The van der Waals surface area contributed by atoms with Gasteiger partial charge in [-0.2, -0.15) is 0 Å². The molecule has 2 saturated heterocycles. The normalized spacial score (nSPS) is 31.0. The van der Waals surface area contributed by atoms with Crippen LogP contribution in [-0.4, -0.2) is 52.2 Å². The highest BCUT2D eigenvalue weighted by Crippen LogP contribution is 2.36. The molecule has 0 N–H and O–H groups in total. The van der Waals surface area contributed by atoms with Crippen molar-refractivity contribution in [3.63, 3.8) is 0 Å². The van der Waals surface area contributed by atoms with Crippen molar-refractivity contribution in [2.75, 3.05) is 13.1 Å². The second-order valence-corrected chi connectivity index (χ2v) is 7.75. The van der Waals surface area contributed by atoms with Crippen molar-refractivity contribution in [1.82, 2.24) is 9.80 Å². The summed E-state index contributed by atoms with van der Waals surface area (Å²) in [6.45, 7) is 3.24. The molecule has 2 heterocycles. The maximum Gasteiger partial charge on any atom is 0.245 e. The van der Waals surface area contributed by atoms with E-state index in [-0.39, 0.29) is 17.9 Å². The van der Waals surface area contributed by atoms with Gasteiger partial charge in [0.15, 0.2) is 0 Å². The Bertz CT molecular complexity index is 434. The summed E-state index contributed by atoms with van der Waals surface area (Å²) in [6, 6.07) is 0.150. The fourth-order valence-electron chi connectivity index (χ4n) is 4.61. The number of halogens is 1. The van der Waals surface area contributed by atoms with Crippen LogP contribution in [0.15, 0.2) is 0 Å². The molecule has 1 saturated carbocycles. The summed E-state index contributed by atoms with van der Waals surface area (Å²) in [5.41, 5.74) is 0. The van der Waals surface area contributed by atoms with E-state index in [9.17, 15) is 9.59 Å². The number of amides is 2. The van der Waals surface area contributed by atoms with Crippen LogP contribution in [0, 0.1) is 5.92 Å². The Morgan fingerprint density at radius 2 is 1.59 bits per heavy atom. The third-order valence-electron chi connectivity index (χ3n) is 5.69. The van der Waals surface area contributed by atoms with Crippen molar-refractivity contribution in [3.05, 3.63) is 0 Å². The lowest BCUT2D eigenvalue weighted by Gasteiger charge is -2.34. The van der Waals surface area contributed by atoms with E-state index in [2.05, 4.69) is 4.90 Å². The molecule has 3 aliphatic rings. The number of carbonyl (C=O) groups is 2. The quantitative estimate of drug-likeness (QED) is 0.748. The highest BCUT2D eigenvalue weighted by Gasteiger charge is 2.42. The monoisotopic (exact) mass is 326 g/mol. The number of likely N-dealkylation sites (tertiary alicyclic amines) is 2. The Morgan fingerprint density at radius 3 is 2.27 bits per heavy atom. The number of carbonyl (C=O) groups excluding carboxylic acids is 2. The largest absolute Gasteiger partial charge is 0.338 e. The summed E-state index contributed by atoms with van der Waals surface area (Å²) in [5.74, 6) is 0.774. The molecular formula is C17H27ClN2O2. The van der Waals surface area contributed by atoms with Gasteiger partial charge in [0.25, 0.3) is 0 Å². The standard InChI is InChI=1S/C17H27ClN2O2/c1-12(18)16(21)20-11-5-9-15(20)17(22)19-10-4-8-14(19)13-6-2-3-7-13/h12-15H,2-11H2,1H3/t12?,14?,15-/m0/s1. The van der Waals surface area contributed by atoms with Gasteiger partial charge in [0.05, 0.1) is 0 Å². The number of hydrogen-bond acceptors (Lipinski definition) is 2. The summed E-state index contributed by atoms with van der Waals surface area (Å²) in [6.07, 6.45) is 9.10. The van der Waals surface area contributed by atoms with Crippen LogP contribution in [0.1, 0.15) is 58.3 Å². The topological polar surface area (TPSA) is 40.6 Å². The summed E-state index contributed by atoms with van der Waals surface area (Å²) in [7, 11) is 0. The number of rotatable bonds is 3. The minimum absolute atomic E-state index is 0.0888. The van der Waals surface area contributed by atoms with E-state index in [1.165, 1.54) is 25.7 Å². The van der Waals surface area contributed by atoms with Gasteiger partial charge in [0.2, 0.25) is 11.8 Å². The molecule has 22 heavy (non-hydrogen) atoms. The molecule has 3 atom stereocenters. The lowest BCUT2D eigenvalue weighted by Crippen LogP contribution is -2.51. The van der Waals surface area contributed by atoms with Crippen molar-refractivity contribution in [1.29, 1.82) is 0 Å². The first-order chi connectivity index (χ1) is 10.6. The predicted octanol–water partition coefficient (Wildman–Crippen LogP) is 2.79. The van der Waals surface area contributed by atoms with Crippen LogP contribution in [0.5, 0.6) is 0 Å². The predicted molar refractivity (Wildman–Crippen MR) is 86.7 cm³/mol. The first-order valence-corrected chi connectivity index (χ1v) is 9.28. The maximum absolute atomic E-state index is 13.0. The Morgan fingerprint density at radius 1 is 0.955 bits per heavy atom. The van der Waals surface area contributed by atoms with E-state index < -0.39 is 5.38 Å². The molecule has 0 aromatic rings. The van der Waals surface area contributed by atoms with Crippen LogP contribution < -0.4 is 0 Å². The Balaban J connectivity index is 1.70. The molecule has 1 aliphatic carbocycles. The average molecular weight is 327 g/mol. The van der Waals surface area contributed by atoms with Crippen LogP contribution in [0.25, 0.3) is 0 Å². The first-order valence-electron chi connectivity index (χ1n) is 8.84. The molecule has 124 valence electrons. The van der Waals surface area contributed by atoms with Crippen molar-refractivity contribution >= 4 is 23.4 Å². The van der Waals surface area contributed by atoms with Crippen LogP contribution in [0.3, 0.4) is 0 Å². The zero-order valence-electron chi connectivity index (χ0n) is 13.5. The summed E-state index contributed by atoms with van der Waals surface area (Å²) in [5, 5.41) is -0.544. The summed E-state index contributed by atoms with van der Waals surface area (Å²) >= 11 is 5.95. The van der Waals surface area contributed by atoms with Crippen molar-refractivity contribution < 1.29 is 9.59 Å². The SMILES string of the molecule is CC(Cl)C(=O)N1CCC[C@H]1C(=O)N1CCCC1C1CCCC1. The zero-order chi connectivity index (χ0) is 15.7. The fourth-order valence-corrected chi connectivity index (χ4v) is 4.73. The lowest BCUT2D eigenvalue weighted by atomic mass is 9.95. The fraction of sp³-hybridized carbons (Fsp3) is 0.882. The van der Waals surface area contributed by atoms with E-state index in [1.807, 2.05) is 0 Å². The van der Waals surface area contributed by atoms with Crippen LogP contribution >= 0.6 is 11.6 Å². The van der Waals surface area contributed by atoms with E-state index in [1.54, 1.807) is 11.8 Å². The number of nitrogens with zero attached hydrogens (tertiary/aromatic N) is 2. The van der Waals surface area contributed by atoms with Crippen LogP contribution in [-0.2, 0) is 9.59 Å². The molecule has 0 aromatic heterocycles. The van der Waals surface area contributed by atoms with Gasteiger partial charge in [-0.05, 0) is 51.4 Å². The van der Waals surface area contributed by atoms with Crippen molar-refractivity contribution in [3.8, 4) is 0 Å². The average Bonchev–Trinajstić information content (AvgIpc) is 3.23. The minimum atomic E-state index is -0.544. The molecule has 0 bridgehead atoms. The molecule has 2 amide bonds. The van der Waals surface area contributed by atoms with Gasteiger partial charge in [-0.25, -0.2) is 0 Å². The minimum Gasteiger partial charge on any atom is -0.338 e. The number of hydrogen-bond donors (Lipinski definition) is 0. The van der Waals surface area contributed by atoms with Gasteiger partial charge < -0.3 is 9.80 Å². The second-order valence-electron chi connectivity index (χ2n) is 7.09. The van der Waals surface area contributed by atoms with Crippen molar-refractivity contribution in [2.24, 2.45) is 5.92 Å². The molecule has 0 aromatic carbocycles. The van der Waals surface area contributed by atoms with Gasteiger partial charge in [0, 0.05) is 19.1 Å². The third kappa shape index (κ3) is 2.99. The highest BCUT2D eigenvalue weighted by atomic mass is 35.5. The molecule has 0 spiro atoms. The molecule has 2 aliphatic heterocycles. The van der Waals surface area contributed by atoms with Crippen molar-refractivity contribution in [2.45, 2.75) is 75.8 Å². The van der Waals surface area contributed by atoms with Crippen LogP contribution in [0.4, 0.5) is 0 Å². The second kappa shape index (κ2) is 6.77. The Hall–Kier alpha value is -0.770. The smallest absolute Gasteiger partial charge is 0.245 e.